The van der Waals surface area contributed by atoms with Gasteiger partial charge in [-0.15, -0.1) is 5.56 Å². The van der Waals surface area contributed by atoms with E-state index in [0.717, 1.165) is 29.7 Å². The molecule has 0 heterocycles. The summed E-state index contributed by atoms with van der Waals surface area (Å²) in [4.78, 5) is 0. The normalized spacial score (nSPS) is 22.5. The molecule has 9 rings (SSSR count). The van der Waals surface area contributed by atoms with E-state index >= 15 is 0 Å². The van der Waals surface area contributed by atoms with Crippen LogP contribution in [0.25, 0.3) is 11.1 Å². The van der Waals surface area contributed by atoms with Crippen LogP contribution in [0.2, 0.25) is 0 Å². The van der Waals surface area contributed by atoms with Crippen LogP contribution in [0.15, 0.2) is 66.7 Å². The van der Waals surface area contributed by atoms with Gasteiger partial charge >= 0.3 is 68.0 Å². The molecule has 0 nitrogen and oxygen atoms in total. The molecule has 4 aromatic carbocycles. The Morgan fingerprint density at radius 3 is 1.86 bits per heavy atom. The van der Waals surface area contributed by atoms with Crippen LogP contribution in [-0.2, 0) is 47.9 Å². The number of halogens is 3. The second-order valence-corrected chi connectivity index (χ2v) is 18.6. The van der Waals surface area contributed by atoms with Crippen LogP contribution < -0.4 is 24.8 Å². The van der Waals surface area contributed by atoms with Gasteiger partial charge in [0.1, 0.15) is 0 Å². The largest absolute Gasteiger partial charge is 1.00 e. The second kappa shape index (κ2) is 16.1. The number of hydrogen-bond donors (Lipinski definition) is 0. The molecule has 0 unspecified atom stereocenters. The zero-order chi connectivity index (χ0) is 34.4. The van der Waals surface area contributed by atoms with E-state index < -0.39 is 0 Å². The molecule has 0 saturated heterocycles. The van der Waals surface area contributed by atoms with Crippen LogP contribution in [0.4, 0.5) is 4.39 Å². The molecule has 50 heavy (non-hydrogen) atoms. The molecule has 0 aromatic heterocycles. The average Bonchev–Trinajstić information content (AvgIpc) is 3.53. The van der Waals surface area contributed by atoms with Gasteiger partial charge in [-0.3, -0.25) is 0 Å². The van der Waals surface area contributed by atoms with Gasteiger partial charge in [-0.1, -0.05) is 96.6 Å². The second-order valence-electron chi connectivity index (χ2n) is 17.9. The molecule has 4 fully saturated rings. The van der Waals surface area contributed by atoms with Gasteiger partial charge in [-0.25, -0.2) is 6.07 Å². The quantitative estimate of drug-likeness (QED) is 0.198. The van der Waals surface area contributed by atoms with Crippen LogP contribution in [0.3, 0.4) is 0 Å². The fourth-order valence-electron chi connectivity index (χ4n) is 9.51. The van der Waals surface area contributed by atoms with Crippen molar-refractivity contribution in [2.75, 3.05) is 0 Å². The zero-order valence-corrected chi connectivity index (χ0v) is 35.4. The number of rotatable bonds is 3. The van der Waals surface area contributed by atoms with E-state index in [1.165, 1.54) is 81.7 Å². The van der Waals surface area contributed by atoms with Gasteiger partial charge in [0.15, 0.2) is 0 Å². The average molecular weight is 789 g/mol. The summed E-state index contributed by atoms with van der Waals surface area (Å²) in [7, 11) is 0. The van der Waals surface area contributed by atoms with Crippen molar-refractivity contribution < 1.29 is 53.4 Å². The minimum absolute atomic E-state index is 0. The van der Waals surface area contributed by atoms with E-state index in [1.54, 1.807) is 61.8 Å². The Bertz CT molecular complexity index is 1670. The van der Waals surface area contributed by atoms with Gasteiger partial charge in [0.2, 0.25) is 0 Å². The van der Waals surface area contributed by atoms with Crippen molar-refractivity contribution >= 4 is 3.71 Å². The summed E-state index contributed by atoms with van der Waals surface area (Å²) in [6, 6.07) is 26.4. The van der Waals surface area contributed by atoms with E-state index in [-0.39, 0.29) is 41.5 Å². The fourth-order valence-corrected chi connectivity index (χ4v) is 9.98. The number of fused-ring (bicyclic) bond motifs is 3. The van der Waals surface area contributed by atoms with Gasteiger partial charge in [0.05, 0.1) is 0 Å². The van der Waals surface area contributed by atoms with Crippen molar-refractivity contribution in [3.8, 4) is 11.1 Å². The molecule has 0 N–H and O–H groups in total. The van der Waals surface area contributed by atoms with Crippen LogP contribution in [-0.4, -0.2) is 3.71 Å². The van der Waals surface area contributed by atoms with Crippen LogP contribution in [0.5, 0.6) is 0 Å². The van der Waals surface area contributed by atoms with E-state index in [2.05, 4.69) is 104 Å². The van der Waals surface area contributed by atoms with Crippen molar-refractivity contribution in [3.63, 3.8) is 0 Å². The smallest absolute Gasteiger partial charge is 1.00 e. The Morgan fingerprint density at radius 2 is 1.36 bits per heavy atom. The summed E-state index contributed by atoms with van der Waals surface area (Å²) in [5, 5.41) is 0. The minimum Gasteiger partial charge on any atom is -1.00 e. The topological polar surface area (TPSA) is 0 Å². The molecule has 4 bridgehead atoms. The van der Waals surface area contributed by atoms with Crippen molar-refractivity contribution in [2.24, 2.45) is 23.2 Å². The van der Waals surface area contributed by atoms with E-state index in [1.807, 2.05) is 3.71 Å². The van der Waals surface area contributed by atoms with Gasteiger partial charge in [0.25, 0.3) is 0 Å². The molecule has 266 valence electrons. The third kappa shape index (κ3) is 9.43. The summed E-state index contributed by atoms with van der Waals surface area (Å²) < 4.78 is 14.2. The van der Waals surface area contributed by atoms with Gasteiger partial charge in [0, 0.05) is 0 Å². The van der Waals surface area contributed by atoms with Crippen molar-refractivity contribution in [1.29, 1.82) is 0 Å². The Balaban J connectivity index is 0.000000177. The Morgan fingerprint density at radius 1 is 0.800 bits per heavy atom. The first-order valence-corrected chi connectivity index (χ1v) is 19.7. The summed E-state index contributed by atoms with van der Waals surface area (Å²) in [5.41, 5.74) is 15.2. The van der Waals surface area contributed by atoms with Gasteiger partial charge in [-0.05, 0) is 79.1 Å². The molecule has 0 atom stereocenters. The molecule has 5 aliphatic rings. The van der Waals surface area contributed by atoms with Gasteiger partial charge < -0.3 is 24.8 Å². The van der Waals surface area contributed by atoms with E-state index in [9.17, 15) is 4.39 Å². The predicted octanol–water partition coefficient (Wildman–Crippen LogP) is 5.97. The van der Waals surface area contributed by atoms with Crippen LogP contribution in [0, 0.1) is 48.9 Å². The van der Waals surface area contributed by atoms with Gasteiger partial charge in [-0.2, -0.15) is 52.1 Å². The number of hydrogen-bond acceptors (Lipinski definition) is 0. The predicted molar refractivity (Wildman–Crippen MR) is 198 cm³/mol. The third-order valence-corrected chi connectivity index (χ3v) is 12.5. The Hall–Kier alpha value is -1.73. The maximum absolute atomic E-state index is 12.2. The van der Waals surface area contributed by atoms with Crippen molar-refractivity contribution in [2.45, 2.75) is 118 Å². The standard InChI is InChI=1S/C21H25.C18H25.C7H5F.2ClH.Zr/c1-20(2,3)16-9-7-14-11-15-8-10-17(21(4,5)6)13-19(15)18(14)12-16;1-12-3-13(2)17(4-12)11-18-8-14-5-15(9-18)7-16(6-14)10-18;1-6-2-4-7(8)5-3-6;;;/h7,9-10,12-13H,11H2,1-6H3;3-4,14-16H,5-11H2,1-2H3;1-5H;2*1H;/q2*-1;;;;+2/p-2. The summed E-state index contributed by atoms with van der Waals surface area (Å²) in [6.07, 6.45) is 11.7. The third-order valence-electron chi connectivity index (χ3n) is 11.6. The van der Waals surface area contributed by atoms with E-state index in [4.69, 9.17) is 0 Å². The number of benzene rings is 3. The number of aryl methyl sites for hydroxylation is 2. The molecule has 0 spiro atoms. The zero-order valence-electron chi connectivity index (χ0n) is 31.5. The molecule has 5 aliphatic carbocycles. The van der Waals surface area contributed by atoms with Crippen molar-refractivity contribution in [3.05, 3.63) is 123 Å². The monoisotopic (exact) mass is 786 g/mol. The first kappa shape index (κ1) is 41.0. The molecule has 4 aromatic rings. The molecule has 0 aliphatic heterocycles. The summed E-state index contributed by atoms with van der Waals surface area (Å²) in [6.45, 7) is 18.2. The first-order chi connectivity index (χ1) is 22.6. The van der Waals surface area contributed by atoms with E-state index in [0.29, 0.717) is 5.41 Å². The fraction of sp³-hybridized carbons (Fsp3) is 0.478. The maximum Gasteiger partial charge on any atom is -1.00 e. The molecule has 4 heteroatoms. The Labute approximate surface area is 330 Å². The van der Waals surface area contributed by atoms with Crippen molar-refractivity contribution in [1.82, 2.24) is 0 Å². The maximum atomic E-state index is 12.2. The van der Waals surface area contributed by atoms with Crippen LogP contribution >= 0.6 is 0 Å². The SMILES string of the molecule is CC(C)(C)c1c[c-]c2c(c1)-c1cc(C(C)(C)C)ccc1C2.Cc1cc(CC23CC4CC(CC(C4)C2)C3)c(C)[cH-]1.Fc1ccc([CH]=[Zr+2])cc1.[Cl-].[Cl-]. The molecule has 4 saturated carbocycles. The summed E-state index contributed by atoms with van der Waals surface area (Å²) in [5.74, 6) is 3.10. The minimum atomic E-state index is -0.170. The molecule has 0 amide bonds. The molecular weight excluding hydrogens is 734 g/mol. The molecular formula is C46H55Cl2FZr-2. The molecule has 0 radical (unpaired) electrons. The Kier molecular flexibility index (Phi) is 13.2. The summed E-state index contributed by atoms with van der Waals surface area (Å²) >= 11 is 1.34. The van der Waals surface area contributed by atoms with Crippen LogP contribution in [0.1, 0.15) is 125 Å². The first-order valence-electron chi connectivity index (χ1n) is 18.3.